The van der Waals surface area contributed by atoms with Gasteiger partial charge in [-0.25, -0.2) is 8.78 Å². The Balaban J connectivity index is 0.000000162. The molecule has 1 aliphatic rings. The van der Waals surface area contributed by atoms with Gasteiger partial charge in [0.25, 0.3) is 0 Å². The first kappa shape index (κ1) is 6.82. The van der Waals surface area contributed by atoms with Gasteiger partial charge < -0.3 is 5.11 Å². The molecular formula is C4H8F2O. The fourth-order valence-electron chi connectivity index (χ4n) is 0.0945. The topological polar surface area (TPSA) is 20.2 Å². The third-order valence-corrected chi connectivity index (χ3v) is 0.628. The summed E-state index contributed by atoms with van der Waals surface area (Å²) < 4.78 is 22.3. The largest absolute Gasteiger partial charge is 0.400 e. The zero-order valence-corrected chi connectivity index (χ0v) is 4.12. The van der Waals surface area contributed by atoms with Crippen molar-refractivity contribution in [1.82, 2.24) is 0 Å². The van der Waals surface area contributed by atoms with E-state index in [1.165, 1.54) is 0 Å². The zero-order chi connectivity index (χ0) is 5.91. The van der Waals surface area contributed by atoms with Crippen molar-refractivity contribution >= 4 is 0 Å². The van der Waals surface area contributed by atoms with Crippen LogP contribution in [-0.4, -0.2) is 18.1 Å². The minimum absolute atomic E-state index is 0.118. The molecule has 0 bridgehead atoms. The third-order valence-electron chi connectivity index (χ3n) is 0.628. The highest BCUT2D eigenvalue weighted by atomic mass is 19.3. The molecule has 1 fully saturated rings. The summed E-state index contributed by atoms with van der Waals surface area (Å²) in [6.45, 7) is 0. The molecule has 1 nitrogen and oxygen atoms in total. The Hall–Kier alpha value is -0.180. The van der Waals surface area contributed by atoms with Gasteiger partial charge in [-0.15, -0.1) is 0 Å². The standard InChI is InChI=1S/C3H4F2.CH4O/c4-3(5)1-2-3;1-2/h1-2H2;2H,1H3. The van der Waals surface area contributed by atoms with Crippen LogP contribution in [0.15, 0.2) is 0 Å². The number of hydrogen-bond acceptors (Lipinski definition) is 1. The minimum atomic E-state index is -2.25. The Labute approximate surface area is 41.0 Å². The first-order valence-corrected chi connectivity index (χ1v) is 2.03. The normalized spacial score (nSPS) is 22.3. The van der Waals surface area contributed by atoms with Crippen LogP contribution >= 0.6 is 0 Å². The molecular weight excluding hydrogens is 102 g/mol. The Morgan fingerprint density at radius 2 is 1.43 bits per heavy atom. The quantitative estimate of drug-likeness (QED) is 0.493. The summed E-state index contributed by atoms with van der Waals surface area (Å²) >= 11 is 0. The second kappa shape index (κ2) is 2.21. The lowest BCUT2D eigenvalue weighted by atomic mass is 10.8. The summed E-state index contributed by atoms with van der Waals surface area (Å²) in [4.78, 5) is 0. The zero-order valence-electron chi connectivity index (χ0n) is 4.12. The molecule has 0 unspecified atom stereocenters. The van der Waals surface area contributed by atoms with Gasteiger partial charge in [0.1, 0.15) is 0 Å². The molecule has 0 heterocycles. The second-order valence-corrected chi connectivity index (χ2v) is 1.36. The van der Waals surface area contributed by atoms with E-state index in [1.807, 2.05) is 0 Å². The molecule has 3 heteroatoms. The monoisotopic (exact) mass is 110 g/mol. The van der Waals surface area contributed by atoms with Crippen molar-refractivity contribution in [1.29, 1.82) is 0 Å². The van der Waals surface area contributed by atoms with Crippen LogP contribution in [0.3, 0.4) is 0 Å². The van der Waals surface area contributed by atoms with Crippen molar-refractivity contribution in [3.8, 4) is 0 Å². The molecule has 0 aromatic heterocycles. The van der Waals surface area contributed by atoms with Gasteiger partial charge in [0.2, 0.25) is 5.92 Å². The number of aliphatic hydroxyl groups excluding tert-OH is 1. The molecule has 0 aromatic rings. The summed E-state index contributed by atoms with van der Waals surface area (Å²) in [6.07, 6.45) is 0.236. The van der Waals surface area contributed by atoms with Crippen LogP contribution in [0.5, 0.6) is 0 Å². The molecule has 0 atom stereocenters. The summed E-state index contributed by atoms with van der Waals surface area (Å²) in [7, 11) is 1.00. The molecule has 0 saturated heterocycles. The van der Waals surface area contributed by atoms with Gasteiger partial charge in [-0.2, -0.15) is 0 Å². The summed E-state index contributed by atoms with van der Waals surface area (Å²) in [5.74, 6) is -2.25. The van der Waals surface area contributed by atoms with E-state index in [2.05, 4.69) is 0 Å². The van der Waals surface area contributed by atoms with Gasteiger partial charge in [0.15, 0.2) is 0 Å². The molecule has 7 heavy (non-hydrogen) atoms. The maximum Gasteiger partial charge on any atom is 0.248 e. The molecule has 0 spiro atoms. The van der Waals surface area contributed by atoms with Crippen LogP contribution in [-0.2, 0) is 0 Å². The average molecular weight is 110 g/mol. The number of alkyl halides is 2. The van der Waals surface area contributed by atoms with Gasteiger partial charge >= 0.3 is 0 Å². The summed E-state index contributed by atoms with van der Waals surface area (Å²) in [6, 6.07) is 0. The van der Waals surface area contributed by atoms with E-state index in [1.54, 1.807) is 0 Å². The molecule has 1 aliphatic carbocycles. The van der Waals surface area contributed by atoms with Gasteiger partial charge in [0, 0.05) is 20.0 Å². The fourth-order valence-corrected chi connectivity index (χ4v) is 0.0945. The molecule has 0 aromatic carbocycles. The van der Waals surface area contributed by atoms with E-state index in [0.717, 1.165) is 7.11 Å². The predicted octanol–water partition coefficient (Wildman–Crippen LogP) is 1.02. The molecule has 0 radical (unpaired) electrons. The Bertz CT molecular complexity index is 47.7. The van der Waals surface area contributed by atoms with Crippen LogP contribution in [0.4, 0.5) is 8.78 Å². The first-order chi connectivity index (χ1) is 3.21. The Kier molecular flexibility index (Phi) is 2.15. The predicted molar refractivity (Wildman–Crippen MR) is 22.3 cm³/mol. The van der Waals surface area contributed by atoms with E-state index < -0.39 is 5.92 Å². The van der Waals surface area contributed by atoms with Crippen molar-refractivity contribution in [2.24, 2.45) is 0 Å². The third kappa shape index (κ3) is 3.66. The van der Waals surface area contributed by atoms with Gasteiger partial charge in [0.05, 0.1) is 0 Å². The smallest absolute Gasteiger partial charge is 0.248 e. The van der Waals surface area contributed by atoms with E-state index in [-0.39, 0.29) is 12.8 Å². The van der Waals surface area contributed by atoms with Crippen LogP contribution in [0.1, 0.15) is 12.8 Å². The van der Waals surface area contributed by atoms with Crippen LogP contribution in [0.25, 0.3) is 0 Å². The molecule has 1 N–H and O–H groups in total. The maximum atomic E-state index is 11.1. The molecule has 0 amide bonds. The fraction of sp³-hybridized carbons (Fsp3) is 1.00. The minimum Gasteiger partial charge on any atom is -0.400 e. The van der Waals surface area contributed by atoms with Crippen molar-refractivity contribution in [3.05, 3.63) is 0 Å². The van der Waals surface area contributed by atoms with Crippen LogP contribution in [0, 0.1) is 0 Å². The lowest BCUT2D eigenvalue weighted by molar-refractivity contribution is 0.120. The molecule has 1 rings (SSSR count). The van der Waals surface area contributed by atoms with Crippen LogP contribution < -0.4 is 0 Å². The van der Waals surface area contributed by atoms with E-state index in [9.17, 15) is 8.78 Å². The highest BCUT2D eigenvalue weighted by Crippen LogP contribution is 2.40. The van der Waals surface area contributed by atoms with E-state index in [0.29, 0.717) is 0 Å². The SMILES string of the molecule is CO.FC1(F)CC1. The number of aliphatic hydroxyl groups is 1. The van der Waals surface area contributed by atoms with Crippen molar-refractivity contribution in [2.45, 2.75) is 18.8 Å². The average Bonchev–Trinajstić information content (AvgIpc) is 2.26. The van der Waals surface area contributed by atoms with Crippen molar-refractivity contribution in [2.75, 3.05) is 7.11 Å². The highest BCUT2D eigenvalue weighted by molar-refractivity contribution is 4.81. The Morgan fingerprint density at radius 3 is 1.43 bits per heavy atom. The van der Waals surface area contributed by atoms with Gasteiger partial charge in [-0.1, -0.05) is 0 Å². The number of hydrogen-bond donors (Lipinski definition) is 1. The Morgan fingerprint density at radius 1 is 1.29 bits per heavy atom. The molecule has 44 valence electrons. The first-order valence-electron chi connectivity index (χ1n) is 2.03. The summed E-state index contributed by atoms with van der Waals surface area (Å²) in [5, 5.41) is 7.00. The molecule has 1 saturated carbocycles. The van der Waals surface area contributed by atoms with Gasteiger partial charge in [-0.05, 0) is 0 Å². The van der Waals surface area contributed by atoms with E-state index >= 15 is 0 Å². The van der Waals surface area contributed by atoms with Crippen LogP contribution in [0.2, 0.25) is 0 Å². The van der Waals surface area contributed by atoms with Crippen molar-refractivity contribution < 1.29 is 13.9 Å². The summed E-state index contributed by atoms with van der Waals surface area (Å²) in [5.41, 5.74) is 0. The second-order valence-electron chi connectivity index (χ2n) is 1.36. The van der Waals surface area contributed by atoms with E-state index in [4.69, 9.17) is 5.11 Å². The van der Waals surface area contributed by atoms with Crippen molar-refractivity contribution in [3.63, 3.8) is 0 Å². The maximum absolute atomic E-state index is 11.1. The lowest BCUT2D eigenvalue weighted by Gasteiger charge is -1.76. The lowest BCUT2D eigenvalue weighted by Crippen LogP contribution is -1.79. The number of rotatable bonds is 0. The highest BCUT2D eigenvalue weighted by Gasteiger charge is 2.43. The number of halogens is 2. The van der Waals surface area contributed by atoms with Gasteiger partial charge in [-0.3, -0.25) is 0 Å². The molecule has 0 aliphatic heterocycles.